The summed E-state index contributed by atoms with van der Waals surface area (Å²) in [5, 5.41) is 28.7. The Morgan fingerprint density at radius 2 is 1.63 bits per heavy atom. The lowest BCUT2D eigenvalue weighted by atomic mass is 10.1. The van der Waals surface area contributed by atoms with Gasteiger partial charge in [0.25, 0.3) is 5.91 Å². The number of benzene rings is 3. The van der Waals surface area contributed by atoms with Crippen LogP contribution in [0.3, 0.4) is 0 Å². The molecule has 138 valence electrons. The standard InChI is InChI=1S/C21H21N3O3/c1-2-22-15-11-16(23-19-8-3-4-9-20(19)26)13-17(12-15)24-21(27)14-6-5-7-18(25)10-14/h3-13,22-23,25-26H,2H2,1H3,(H,24,27). The number of nitrogens with one attached hydrogen (secondary N) is 3. The molecule has 0 saturated heterocycles. The highest BCUT2D eigenvalue weighted by atomic mass is 16.3. The van der Waals surface area contributed by atoms with E-state index in [1.54, 1.807) is 36.4 Å². The molecular weight excluding hydrogens is 342 g/mol. The van der Waals surface area contributed by atoms with Crippen LogP contribution in [0.1, 0.15) is 17.3 Å². The highest BCUT2D eigenvalue weighted by Crippen LogP contribution is 2.30. The van der Waals surface area contributed by atoms with Crippen LogP contribution in [-0.4, -0.2) is 22.7 Å². The largest absolute Gasteiger partial charge is 0.508 e. The first-order valence-electron chi connectivity index (χ1n) is 8.59. The normalized spacial score (nSPS) is 10.3. The zero-order valence-electron chi connectivity index (χ0n) is 14.9. The molecule has 3 aromatic rings. The lowest BCUT2D eigenvalue weighted by molar-refractivity contribution is 0.102. The van der Waals surface area contributed by atoms with Gasteiger partial charge in [-0.05, 0) is 55.5 Å². The molecule has 0 atom stereocenters. The zero-order chi connectivity index (χ0) is 19.2. The molecule has 0 aliphatic rings. The number of rotatable bonds is 6. The zero-order valence-corrected chi connectivity index (χ0v) is 14.9. The van der Waals surface area contributed by atoms with Crippen LogP contribution < -0.4 is 16.0 Å². The molecule has 3 rings (SSSR count). The maximum Gasteiger partial charge on any atom is 0.255 e. The summed E-state index contributed by atoms with van der Waals surface area (Å²) in [6.45, 7) is 2.70. The Morgan fingerprint density at radius 3 is 2.37 bits per heavy atom. The number of carbonyl (C=O) groups excluding carboxylic acids is 1. The van der Waals surface area contributed by atoms with Crippen LogP contribution in [0, 0.1) is 0 Å². The predicted octanol–water partition coefficient (Wildman–Crippen LogP) is 4.53. The fourth-order valence-corrected chi connectivity index (χ4v) is 2.66. The summed E-state index contributed by atoms with van der Waals surface area (Å²) in [7, 11) is 0. The van der Waals surface area contributed by atoms with Crippen molar-refractivity contribution in [3.63, 3.8) is 0 Å². The van der Waals surface area contributed by atoms with Gasteiger partial charge in [0.05, 0.1) is 5.69 Å². The van der Waals surface area contributed by atoms with Gasteiger partial charge >= 0.3 is 0 Å². The molecule has 0 saturated carbocycles. The molecule has 0 aromatic heterocycles. The van der Waals surface area contributed by atoms with E-state index in [0.29, 0.717) is 22.6 Å². The number of para-hydroxylation sites is 2. The molecule has 27 heavy (non-hydrogen) atoms. The lowest BCUT2D eigenvalue weighted by Gasteiger charge is -2.14. The highest BCUT2D eigenvalue weighted by Gasteiger charge is 2.09. The summed E-state index contributed by atoms with van der Waals surface area (Å²) in [4.78, 5) is 12.5. The quantitative estimate of drug-likeness (QED) is 0.415. The van der Waals surface area contributed by atoms with Gasteiger partial charge in [-0.15, -0.1) is 0 Å². The molecule has 0 aliphatic carbocycles. The molecule has 0 radical (unpaired) electrons. The van der Waals surface area contributed by atoms with E-state index in [-0.39, 0.29) is 17.4 Å². The van der Waals surface area contributed by atoms with Crippen LogP contribution in [0.4, 0.5) is 22.7 Å². The van der Waals surface area contributed by atoms with Crippen molar-refractivity contribution < 1.29 is 15.0 Å². The number of amides is 1. The summed E-state index contributed by atoms with van der Waals surface area (Å²) in [6, 6.07) is 18.6. The molecule has 0 unspecified atom stereocenters. The number of phenolic OH excluding ortho intramolecular Hbond substituents is 2. The Morgan fingerprint density at radius 1 is 0.889 bits per heavy atom. The molecule has 6 nitrogen and oxygen atoms in total. The molecule has 5 N–H and O–H groups in total. The third-order valence-corrected chi connectivity index (χ3v) is 3.86. The van der Waals surface area contributed by atoms with E-state index in [1.807, 2.05) is 25.1 Å². The first-order chi connectivity index (χ1) is 13.0. The Balaban J connectivity index is 1.87. The summed E-state index contributed by atoms with van der Waals surface area (Å²) in [6.07, 6.45) is 0. The molecule has 6 heteroatoms. The van der Waals surface area contributed by atoms with Gasteiger partial charge in [0.15, 0.2) is 0 Å². The first kappa shape index (κ1) is 18.1. The smallest absolute Gasteiger partial charge is 0.255 e. The van der Waals surface area contributed by atoms with E-state index >= 15 is 0 Å². The topological polar surface area (TPSA) is 93.6 Å². The van der Waals surface area contributed by atoms with Crippen LogP contribution in [0.2, 0.25) is 0 Å². The number of hydrogen-bond donors (Lipinski definition) is 5. The van der Waals surface area contributed by atoms with Crippen LogP contribution >= 0.6 is 0 Å². The second kappa shape index (κ2) is 8.14. The van der Waals surface area contributed by atoms with Crippen molar-refractivity contribution in [3.05, 3.63) is 72.3 Å². The summed E-state index contributed by atoms with van der Waals surface area (Å²) < 4.78 is 0. The SMILES string of the molecule is CCNc1cc(NC(=O)c2cccc(O)c2)cc(Nc2ccccc2O)c1. The van der Waals surface area contributed by atoms with Crippen LogP contribution in [0.25, 0.3) is 0 Å². The average Bonchev–Trinajstić information content (AvgIpc) is 2.64. The Labute approximate surface area is 157 Å². The van der Waals surface area contributed by atoms with Crippen molar-refractivity contribution in [2.45, 2.75) is 6.92 Å². The minimum atomic E-state index is -0.326. The van der Waals surface area contributed by atoms with Gasteiger partial charge in [-0.1, -0.05) is 18.2 Å². The van der Waals surface area contributed by atoms with Gasteiger partial charge in [0.1, 0.15) is 11.5 Å². The van der Waals surface area contributed by atoms with Crippen molar-refractivity contribution in [3.8, 4) is 11.5 Å². The van der Waals surface area contributed by atoms with Crippen molar-refractivity contribution in [2.75, 3.05) is 22.5 Å². The third kappa shape index (κ3) is 4.70. The van der Waals surface area contributed by atoms with Crippen molar-refractivity contribution in [2.24, 2.45) is 0 Å². The molecule has 0 heterocycles. The number of hydrogen-bond acceptors (Lipinski definition) is 5. The Kier molecular flexibility index (Phi) is 5.47. The van der Waals surface area contributed by atoms with Gasteiger partial charge in [0.2, 0.25) is 0 Å². The van der Waals surface area contributed by atoms with E-state index < -0.39 is 0 Å². The molecule has 0 fully saturated rings. The summed E-state index contributed by atoms with van der Waals surface area (Å²) in [5.41, 5.74) is 3.04. The maximum atomic E-state index is 12.5. The van der Waals surface area contributed by atoms with Gasteiger partial charge in [-0.2, -0.15) is 0 Å². The van der Waals surface area contributed by atoms with Gasteiger partial charge in [0, 0.05) is 29.2 Å². The lowest BCUT2D eigenvalue weighted by Crippen LogP contribution is -2.12. The molecule has 0 aliphatic heterocycles. The monoisotopic (exact) mass is 363 g/mol. The van der Waals surface area contributed by atoms with Gasteiger partial charge < -0.3 is 26.2 Å². The van der Waals surface area contributed by atoms with E-state index in [1.165, 1.54) is 12.1 Å². The molecule has 1 amide bonds. The Bertz CT molecular complexity index is 957. The third-order valence-electron chi connectivity index (χ3n) is 3.86. The molecule has 3 aromatic carbocycles. The average molecular weight is 363 g/mol. The maximum absolute atomic E-state index is 12.5. The summed E-state index contributed by atoms with van der Waals surface area (Å²) >= 11 is 0. The molecular formula is C21H21N3O3. The van der Waals surface area contributed by atoms with E-state index in [0.717, 1.165) is 12.2 Å². The highest BCUT2D eigenvalue weighted by molar-refractivity contribution is 6.05. The number of anilines is 4. The minimum Gasteiger partial charge on any atom is -0.508 e. The number of carbonyl (C=O) groups is 1. The van der Waals surface area contributed by atoms with Crippen LogP contribution in [0.5, 0.6) is 11.5 Å². The van der Waals surface area contributed by atoms with Crippen molar-refractivity contribution >= 4 is 28.7 Å². The van der Waals surface area contributed by atoms with Gasteiger partial charge in [-0.3, -0.25) is 4.79 Å². The fraction of sp³-hybridized carbons (Fsp3) is 0.0952. The number of phenols is 2. The first-order valence-corrected chi connectivity index (χ1v) is 8.59. The van der Waals surface area contributed by atoms with Crippen molar-refractivity contribution in [1.82, 2.24) is 0 Å². The minimum absolute atomic E-state index is 0.0333. The van der Waals surface area contributed by atoms with Crippen LogP contribution in [0.15, 0.2) is 66.7 Å². The predicted molar refractivity (Wildman–Crippen MR) is 108 cm³/mol. The molecule has 0 bridgehead atoms. The second-order valence-electron chi connectivity index (χ2n) is 5.98. The molecule has 0 spiro atoms. The second-order valence-corrected chi connectivity index (χ2v) is 5.98. The fourth-order valence-electron chi connectivity index (χ4n) is 2.66. The summed E-state index contributed by atoms with van der Waals surface area (Å²) in [5.74, 6) is -0.157. The Hall–Kier alpha value is -3.67. The number of aromatic hydroxyl groups is 2. The van der Waals surface area contributed by atoms with Crippen molar-refractivity contribution in [1.29, 1.82) is 0 Å². The van der Waals surface area contributed by atoms with Crippen LogP contribution in [-0.2, 0) is 0 Å². The van der Waals surface area contributed by atoms with E-state index in [9.17, 15) is 15.0 Å². The van der Waals surface area contributed by atoms with E-state index in [4.69, 9.17) is 0 Å². The van der Waals surface area contributed by atoms with Gasteiger partial charge in [-0.25, -0.2) is 0 Å². The van der Waals surface area contributed by atoms with E-state index in [2.05, 4.69) is 16.0 Å².